The summed E-state index contributed by atoms with van der Waals surface area (Å²) in [6, 6.07) is 9.77. The molecule has 1 aliphatic carbocycles. The molecule has 1 aromatic carbocycles. The van der Waals surface area contributed by atoms with Crippen molar-refractivity contribution in [2.45, 2.75) is 38.6 Å². The summed E-state index contributed by atoms with van der Waals surface area (Å²) in [5.74, 6) is 1.31. The zero-order chi connectivity index (χ0) is 20.2. The van der Waals surface area contributed by atoms with E-state index in [1.165, 1.54) is 22.7 Å². The maximum atomic E-state index is 13.0. The van der Waals surface area contributed by atoms with Gasteiger partial charge in [0.1, 0.15) is 11.6 Å². The van der Waals surface area contributed by atoms with E-state index in [4.69, 9.17) is 9.47 Å². The van der Waals surface area contributed by atoms with Gasteiger partial charge in [0.05, 0.1) is 30.8 Å². The molecule has 0 atom stereocenters. The van der Waals surface area contributed by atoms with Gasteiger partial charge in [-0.2, -0.15) is 0 Å². The second kappa shape index (κ2) is 8.94. The molecular weight excluding hydrogens is 408 g/mol. The third-order valence-electron chi connectivity index (χ3n) is 4.70. The molecule has 1 saturated carbocycles. The number of hydrogen-bond donors (Lipinski definition) is 1. The fourth-order valence-electron chi connectivity index (χ4n) is 3.11. The molecule has 1 aliphatic rings. The molecule has 29 heavy (non-hydrogen) atoms. The van der Waals surface area contributed by atoms with Crippen molar-refractivity contribution in [2.24, 2.45) is 0 Å². The SMILES string of the molecule is COc1cccc(CN(C(=O)c2cccs2)C2CC2)c1OCc1nc(CO)cs1. The number of carbonyl (C=O) groups is 1. The van der Waals surface area contributed by atoms with E-state index < -0.39 is 0 Å². The number of thiazole rings is 1. The monoisotopic (exact) mass is 430 g/mol. The van der Waals surface area contributed by atoms with Gasteiger partial charge in [0.25, 0.3) is 5.91 Å². The van der Waals surface area contributed by atoms with E-state index >= 15 is 0 Å². The molecule has 0 bridgehead atoms. The van der Waals surface area contributed by atoms with Gasteiger partial charge in [0.2, 0.25) is 0 Å². The summed E-state index contributed by atoms with van der Waals surface area (Å²) in [5.41, 5.74) is 1.54. The number of hydrogen-bond acceptors (Lipinski definition) is 7. The van der Waals surface area contributed by atoms with Crippen molar-refractivity contribution >= 4 is 28.6 Å². The Balaban J connectivity index is 1.56. The van der Waals surface area contributed by atoms with Crippen LogP contribution >= 0.6 is 22.7 Å². The zero-order valence-corrected chi connectivity index (χ0v) is 17.7. The Kier molecular flexibility index (Phi) is 6.13. The summed E-state index contributed by atoms with van der Waals surface area (Å²) < 4.78 is 11.6. The molecule has 0 saturated heterocycles. The lowest BCUT2D eigenvalue weighted by atomic mass is 10.1. The molecule has 1 amide bonds. The Morgan fingerprint density at radius 3 is 2.79 bits per heavy atom. The largest absolute Gasteiger partial charge is 0.493 e. The first-order valence-corrected chi connectivity index (χ1v) is 11.1. The molecule has 0 aliphatic heterocycles. The molecule has 152 valence electrons. The fraction of sp³-hybridized carbons (Fsp3) is 0.333. The van der Waals surface area contributed by atoms with Crippen LogP contribution in [-0.4, -0.2) is 34.0 Å². The van der Waals surface area contributed by atoms with E-state index in [2.05, 4.69) is 4.98 Å². The van der Waals surface area contributed by atoms with Crippen molar-refractivity contribution < 1.29 is 19.4 Å². The number of amides is 1. The van der Waals surface area contributed by atoms with E-state index in [0.29, 0.717) is 23.7 Å². The van der Waals surface area contributed by atoms with Crippen molar-refractivity contribution in [3.63, 3.8) is 0 Å². The van der Waals surface area contributed by atoms with Crippen LogP contribution in [0.3, 0.4) is 0 Å². The highest BCUT2D eigenvalue weighted by Crippen LogP contribution is 2.36. The van der Waals surface area contributed by atoms with Gasteiger partial charge >= 0.3 is 0 Å². The van der Waals surface area contributed by atoms with Crippen LogP contribution in [0.5, 0.6) is 11.5 Å². The second-order valence-electron chi connectivity index (χ2n) is 6.77. The summed E-state index contributed by atoms with van der Waals surface area (Å²) in [5, 5.41) is 13.7. The zero-order valence-electron chi connectivity index (χ0n) is 16.0. The van der Waals surface area contributed by atoms with E-state index in [0.717, 1.165) is 28.3 Å². The number of rotatable bonds is 9. The van der Waals surface area contributed by atoms with Gasteiger partial charge in [-0.25, -0.2) is 4.98 Å². The molecule has 0 radical (unpaired) electrons. The molecule has 4 rings (SSSR count). The summed E-state index contributed by atoms with van der Waals surface area (Å²) >= 11 is 2.91. The standard InChI is InChI=1S/C21H22N2O4S2/c1-26-17-5-2-4-14(20(17)27-12-19-22-15(11-24)13-29-19)10-23(16-7-8-16)21(25)18-6-3-9-28-18/h2-6,9,13,16,24H,7-8,10-12H2,1H3. The first-order valence-electron chi connectivity index (χ1n) is 9.37. The van der Waals surface area contributed by atoms with E-state index in [1.807, 2.05) is 46.0 Å². The highest BCUT2D eigenvalue weighted by Gasteiger charge is 2.34. The third-order valence-corrected chi connectivity index (χ3v) is 6.43. The van der Waals surface area contributed by atoms with Crippen molar-refractivity contribution in [1.29, 1.82) is 0 Å². The average Bonchev–Trinajstić information content (AvgIpc) is 3.24. The first-order chi connectivity index (χ1) is 14.2. The Bertz CT molecular complexity index is 967. The molecular formula is C21H22N2O4S2. The minimum absolute atomic E-state index is 0.0591. The highest BCUT2D eigenvalue weighted by molar-refractivity contribution is 7.12. The fourth-order valence-corrected chi connectivity index (χ4v) is 4.49. The maximum absolute atomic E-state index is 13.0. The van der Waals surface area contributed by atoms with Gasteiger partial charge in [-0.3, -0.25) is 4.79 Å². The van der Waals surface area contributed by atoms with Crippen molar-refractivity contribution in [1.82, 2.24) is 9.88 Å². The molecule has 0 unspecified atom stereocenters. The minimum atomic E-state index is -0.0857. The van der Waals surface area contributed by atoms with Crippen LogP contribution in [0.2, 0.25) is 0 Å². The van der Waals surface area contributed by atoms with Crippen LogP contribution < -0.4 is 9.47 Å². The van der Waals surface area contributed by atoms with Crippen LogP contribution in [0.1, 0.15) is 38.8 Å². The number of aliphatic hydroxyl groups excluding tert-OH is 1. The average molecular weight is 431 g/mol. The normalized spacial score (nSPS) is 13.3. The van der Waals surface area contributed by atoms with Crippen LogP contribution in [0.15, 0.2) is 41.1 Å². The maximum Gasteiger partial charge on any atom is 0.264 e. The van der Waals surface area contributed by atoms with Crippen molar-refractivity contribution in [3.8, 4) is 11.5 Å². The van der Waals surface area contributed by atoms with Gasteiger partial charge in [0.15, 0.2) is 11.5 Å². The quantitative estimate of drug-likeness (QED) is 0.554. The molecule has 2 heterocycles. The molecule has 1 fully saturated rings. The van der Waals surface area contributed by atoms with Crippen LogP contribution in [0, 0.1) is 0 Å². The number of para-hydroxylation sites is 1. The predicted octanol–water partition coefficient (Wildman–Crippen LogP) is 4.09. The number of carbonyl (C=O) groups excluding carboxylic acids is 1. The van der Waals surface area contributed by atoms with Gasteiger partial charge in [0, 0.05) is 17.0 Å². The number of aromatic nitrogens is 1. The van der Waals surface area contributed by atoms with Crippen molar-refractivity contribution in [2.75, 3.05) is 7.11 Å². The van der Waals surface area contributed by atoms with E-state index in [9.17, 15) is 9.90 Å². The third kappa shape index (κ3) is 4.60. The molecule has 8 heteroatoms. The van der Waals surface area contributed by atoms with Gasteiger partial charge in [-0.05, 0) is 30.4 Å². The topological polar surface area (TPSA) is 71.9 Å². The molecule has 2 aromatic heterocycles. The van der Waals surface area contributed by atoms with Gasteiger partial charge < -0.3 is 19.5 Å². The number of aliphatic hydroxyl groups is 1. The number of thiophene rings is 1. The van der Waals surface area contributed by atoms with Gasteiger partial charge in [-0.1, -0.05) is 18.2 Å². The van der Waals surface area contributed by atoms with Crippen LogP contribution in [0.4, 0.5) is 0 Å². The summed E-state index contributed by atoms with van der Waals surface area (Å²) in [7, 11) is 1.61. The number of nitrogens with zero attached hydrogens (tertiary/aromatic N) is 2. The summed E-state index contributed by atoms with van der Waals surface area (Å²) in [4.78, 5) is 20.0. The summed E-state index contributed by atoms with van der Waals surface area (Å²) in [6.45, 7) is 0.658. The Labute approximate surface area is 177 Å². The molecule has 6 nitrogen and oxygen atoms in total. The number of benzene rings is 1. The molecule has 1 N–H and O–H groups in total. The lowest BCUT2D eigenvalue weighted by Gasteiger charge is -2.24. The Morgan fingerprint density at radius 1 is 1.28 bits per heavy atom. The highest BCUT2D eigenvalue weighted by atomic mass is 32.1. The van der Waals surface area contributed by atoms with Crippen molar-refractivity contribution in [3.05, 3.63) is 62.2 Å². The predicted molar refractivity (Wildman–Crippen MR) is 113 cm³/mol. The number of methoxy groups -OCH3 is 1. The smallest absolute Gasteiger partial charge is 0.264 e. The molecule has 3 aromatic rings. The van der Waals surface area contributed by atoms with Crippen LogP contribution in [0.25, 0.3) is 0 Å². The Hall–Kier alpha value is -2.42. The first kappa shape index (κ1) is 19.9. The minimum Gasteiger partial charge on any atom is -0.493 e. The second-order valence-corrected chi connectivity index (χ2v) is 8.66. The van der Waals surface area contributed by atoms with E-state index in [1.54, 1.807) is 7.11 Å². The summed E-state index contributed by atoms with van der Waals surface area (Å²) in [6.07, 6.45) is 2.06. The Morgan fingerprint density at radius 2 is 2.14 bits per heavy atom. The lowest BCUT2D eigenvalue weighted by molar-refractivity contribution is 0.0733. The van der Waals surface area contributed by atoms with Crippen LogP contribution in [-0.2, 0) is 19.8 Å². The van der Waals surface area contributed by atoms with E-state index in [-0.39, 0.29) is 25.2 Å². The lowest BCUT2D eigenvalue weighted by Crippen LogP contribution is -2.32. The van der Waals surface area contributed by atoms with Gasteiger partial charge in [-0.15, -0.1) is 22.7 Å². The molecule has 0 spiro atoms. The number of ether oxygens (including phenoxy) is 2.